The summed E-state index contributed by atoms with van der Waals surface area (Å²) < 4.78 is 56.1. The van der Waals surface area contributed by atoms with E-state index in [2.05, 4.69) is 19.6 Å². The number of aliphatic hydroxyl groups is 1. The fourth-order valence-corrected chi connectivity index (χ4v) is 3.43. The maximum Gasteiger partial charge on any atom is 0.573 e. The maximum atomic E-state index is 15.3. The number of rotatable bonds is 5. The van der Waals surface area contributed by atoms with E-state index in [0.29, 0.717) is 11.1 Å². The van der Waals surface area contributed by atoms with Crippen LogP contribution in [0.3, 0.4) is 0 Å². The van der Waals surface area contributed by atoms with Gasteiger partial charge >= 0.3 is 6.36 Å². The lowest BCUT2D eigenvalue weighted by Crippen LogP contribution is -2.42. The van der Waals surface area contributed by atoms with Crippen LogP contribution in [0.1, 0.15) is 31.9 Å². The van der Waals surface area contributed by atoms with Crippen LogP contribution in [0.2, 0.25) is 0 Å². The topological polar surface area (TPSA) is 84.7 Å². The normalized spacial score (nSPS) is 14.0. The summed E-state index contributed by atoms with van der Waals surface area (Å²) in [5, 5.41) is 20.8. The van der Waals surface area contributed by atoms with Crippen LogP contribution in [0.4, 0.5) is 17.6 Å². The molecule has 170 valence electrons. The lowest BCUT2D eigenvalue weighted by molar-refractivity contribution is -0.274. The van der Waals surface area contributed by atoms with Crippen LogP contribution in [0.5, 0.6) is 11.6 Å². The Kier molecular flexibility index (Phi) is 6.12. The number of alkyl halides is 3. The molecule has 2 aromatic carbocycles. The SMILES string of the molecule is CC(C)(C)C(O)(c1ccc(-c2ccc(OC(F)(F)F)cc2)cc1F)c1cncnc1OO. The van der Waals surface area contributed by atoms with Gasteiger partial charge in [-0.05, 0) is 34.7 Å². The highest BCUT2D eigenvalue weighted by molar-refractivity contribution is 5.65. The van der Waals surface area contributed by atoms with E-state index >= 15 is 4.39 Å². The van der Waals surface area contributed by atoms with Gasteiger partial charge in [-0.25, -0.2) is 14.6 Å². The molecule has 0 bridgehead atoms. The Morgan fingerprint density at radius 1 is 0.906 bits per heavy atom. The van der Waals surface area contributed by atoms with Crippen molar-refractivity contribution in [2.45, 2.75) is 32.7 Å². The standard InChI is InChI=1S/C22H20F4N2O4/c1-20(2,3)21(29,17-11-27-12-28-19(17)32-30)16-9-6-14(10-18(16)23)13-4-7-15(8-5-13)31-22(24,25)26/h4-12,29-30H,1-3H3. The zero-order chi connectivity index (χ0) is 23.7. The molecule has 1 unspecified atom stereocenters. The van der Waals surface area contributed by atoms with Gasteiger partial charge in [0.05, 0.1) is 5.56 Å². The van der Waals surface area contributed by atoms with E-state index in [1.54, 1.807) is 20.8 Å². The molecule has 3 rings (SSSR count). The molecule has 0 fully saturated rings. The molecule has 1 aromatic heterocycles. The zero-order valence-corrected chi connectivity index (χ0v) is 17.3. The lowest BCUT2D eigenvalue weighted by atomic mass is 9.68. The Morgan fingerprint density at radius 3 is 2.06 bits per heavy atom. The van der Waals surface area contributed by atoms with Crippen LogP contribution < -0.4 is 9.62 Å². The minimum absolute atomic E-state index is 0.0460. The predicted molar refractivity (Wildman–Crippen MR) is 106 cm³/mol. The molecule has 10 heteroatoms. The number of ether oxygens (including phenoxy) is 1. The molecule has 0 radical (unpaired) electrons. The number of aromatic nitrogens is 2. The monoisotopic (exact) mass is 452 g/mol. The molecule has 0 saturated carbocycles. The number of benzene rings is 2. The Labute approximate surface area is 181 Å². The summed E-state index contributed by atoms with van der Waals surface area (Å²) in [7, 11) is 0. The van der Waals surface area contributed by atoms with Gasteiger partial charge in [-0.15, -0.1) is 13.2 Å². The summed E-state index contributed by atoms with van der Waals surface area (Å²) in [5.74, 6) is -1.52. The number of halogens is 4. The molecule has 0 saturated heterocycles. The molecule has 0 aliphatic heterocycles. The van der Waals surface area contributed by atoms with E-state index < -0.39 is 28.9 Å². The molecule has 0 aliphatic rings. The first-order chi connectivity index (χ1) is 14.9. The molecule has 3 aromatic rings. The van der Waals surface area contributed by atoms with Crippen LogP contribution in [-0.2, 0) is 5.60 Å². The van der Waals surface area contributed by atoms with Crippen LogP contribution in [0.25, 0.3) is 11.1 Å². The van der Waals surface area contributed by atoms with Gasteiger partial charge in [0.25, 0.3) is 5.88 Å². The lowest BCUT2D eigenvalue weighted by Gasteiger charge is -2.41. The average Bonchev–Trinajstić information content (AvgIpc) is 2.71. The highest BCUT2D eigenvalue weighted by atomic mass is 19.4. The van der Waals surface area contributed by atoms with Crippen molar-refractivity contribution in [2.75, 3.05) is 0 Å². The van der Waals surface area contributed by atoms with Crippen molar-refractivity contribution < 1.29 is 37.5 Å². The summed E-state index contributed by atoms with van der Waals surface area (Å²) in [6, 6.07) is 8.96. The first kappa shape index (κ1) is 23.4. The summed E-state index contributed by atoms with van der Waals surface area (Å²) in [5.41, 5.74) is -2.37. The Bertz CT molecular complexity index is 1100. The third-order valence-electron chi connectivity index (χ3n) is 5.02. The minimum atomic E-state index is -4.81. The Morgan fingerprint density at radius 2 is 1.53 bits per heavy atom. The van der Waals surface area contributed by atoms with Crippen LogP contribution >= 0.6 is 0 Å². The third-order valence-corrected chi connectivity index (χ3v) is 5.02. The van der Waals surface area contributed by atoms with Crippen molar-refractivity contribution in [2.24, 2.45) is 5.41 Å². The van der Waals surface area contributed by atoms with Crippen molar-refractivity contribution >= 4 is 0 Å². The van der Waals surface area contributed by atoms with Gasteiger partial charge in [0.2, 0.25) is 0 Å². The van der Waals surface area contributed by atoms with Gasteiger partial charge in [-0.1, -0.05) is 45.0 Å². The van der Waals surface area contributed by atoms with E-state index in [1.165, 1.54) is 30.5 Å². The first-order valence-electron chi connectivity index (χ1n) is 9.37. The largest absolute Gasteiger partial charge is 0.573 e. The van der Waals surface area contributed by atoms with Crippen LogP contribution in [-0.4, -0.2) is 26.7 Å². The van der Waals surface area contributed by atoms with Crippen molar-refractivity contribution in [3.8, 4) is 22.8 Å². The maximum absolute atomic E-state index is 15.3. The fraction of sp³-hybridized carbons (Fsp3) is 0.273. The number of nitrogens with zero attached hydrogens (tertiary/aromatic N) is 2. The minimum Gasteiger partial charge on any atom is -0.406 e. The summed E-state index contributed by atoms with van der Waals surface area (Å²) >= 11 is 0. The van der Waals surface area contributed by atoms with E-state index in [-0.39, 0.29) is 17.0 Å². The fourth-order valence-electron chi connectivity index (χ4n) is 3.43. The quantitative estimate of drug-likeness (QED) is 0.310. The second-order valence-electron chi connectivity index (χ2n) is 8.06. The van der Waals surface area contributed by atoms with Gasteiger partial charge in [0, 0.05) is 11.8 Å². The summed E-state index contributed by atoms with van der Waals surface area (Å²) in [6.45, 7) is 4.98. The van der Waals surface area contributed by atoms with Gasteiger partial charge in [0.1, 0.15) is 23.5 Å². The molecule has 32 heavy (non-hydrogen) atoms. The summed E-state index contributed by atoms with van der Waals surface area (Å²) in [6.07, 6.45) is -2.49. The van der Waals surface area contributed by atoms with Gasteiger partial charge < -0.3 is 14.7 Å². The Hall–Kier alpha value is -3.24. The van der Waals surface area contributed by atoms with Gasteiger partial charge in [-0.3, -0.25) is 0 Å². The molecule has 6 nitrogen and oxygen atoms in total. The highest BCUT2D eigenvalue weighted by Gasteiger charge is 2.48. The van der Waals surface area contributed by atoms with Gasteiger partial charge in [-0.2, -0.15) is 4.98 Å². The van der Waals surface area contributed by atoms with E-state index in [1.807, 2.05) is 0 Å². The van der Waals surface area contributed by atoms with Crippen LogP contribution in [0, 0.1) is 11.2 Å². The molecule has 0 amide bonds. The number of hydrogen-bond donors (Lipinski definition) is 2. The van der Waals surface area contributed by atoms with Gasteiger partial charge in [0.15, 0.2) is 0 Å². The molecule has 1 heterocycles. The molecule has 0 spiro atoms. The average molecular weight is 452 g/mol. The van der Waals surface area contributed by atoms with Crippen molar-refractivity contribution in [3.05, 3.63) is 71.9 Å². The molecule has 2 N–H and O–H groups in total. The number of hydrogen-bond acceptors (Lipinski definition) is 6. The highest BCUT2D eigenvalue weighted by Crippen LogP contribution is 2.48. The van der Waals surface area contributed by atoms with E-state index in [0.717, 1.165) is 24.5 Å². The zero-order valence-electron chi connectivity index (χ0n) is 17.3. The predicted octanol–water partition coefficient (Wildman–Crippen LogP) is 5.32. The molecular formula is C22H20F4N2O4. The Balaban J connectivity index is 2.05. The van der Waals surface area contributed by atoms with Crippen molar-refractivity contribution in [1.82, 2.24) is 9.97 Å². The van der Waals surface area contributed by atoms with Crippen LogP contribution in [0.15, 0.2) is 55.0 Å². The van der Waals surface area contributed by atoms with E-state index in [4.69, 9.17) is 0 Å². The second-order valence-corrected chi connectivity index (χ2v) is 8.06. The smallest absolute Gasteiger partial charge is 0.406 e. The van der Waals surface area contributed by atoms with Crippen molar-refractivity contribution in [3.63, 3.8) is 0 Å². The van der Waals surface area contributed by atoms with E-state index in [9.17, 15) is 23.5 Å². The van der Waals surface area contributed by atoms with Crippen molar-refractivity contribution in [1.29, 1.82) is 0 Å². The third kappa shape index (κ3) is 4.51. The molecular weight excluding hydrogens is 432 g/mol. The summed E-state index contributed by atoms with van der Waals surface area (Å²) in [4.78, 5) is 11.9. The second kappa shape index (κ2) is 8.36. The molecule has 0 aliphatic carbocycles. The molecule has 1 atom stereocenters. The first-order valence-corrected chi connectivity index (χ1v) is 9.37.